The molecule has 0 saturated carbocycles. The molecule has 100 valence electrons. The van der Waals surface area contributed by atoms with Crippen molar-refractivity contribution in [3.63, 3.8) is 0 Å². The molecule has 18 heavy (non-hydrogen) atoms. The Morgan fingerprint density at radius 1 is 1.22 bits per heavy atom. The van der Waals surface area contributed by atoms with E-state index in [2.05, 4.69) is 20.8 Å². The van der Waals surface area contributed by atoms with Crippen LogP contribution in [0.25, 0.3) is 0 Å². The zero-order valence-corrected chi connectivity index (χ0v) is 12.6. The summed E-state index contributed by atoms with van der Waals surface area (Å²) in [7, 11) is 3.05. The van der Waals surface area contributed by atoms with Gasteiger partial charge in [-0.05, 0) is 23.8 Å². The van der Waals surface area contributed by atoms with Crippen LogP contribution in [0.1, 0.15) is 36.7 Å². The minimum Gasteiger partial charge on any atom is -0.495 e. The molecule has 0 fully saturated rings. The third kappa shape index (κ3) is 2.99. The highest BCUT2D eigenvalue weighted by Crippen LogP contribution is 2.39. The highest BCUT2D eigenvalue weighted by Gasteiger charge is 2.24. The molecule has 1 aromatic rings. The van der Waals surface area contributed by atoms with E-state index in [9.17, 15) is 4.79 Å². The molecule has 0 N–H and O–H groups in total. The SMILES string of the molecule is COC(=O)c1cc(SC)c(OC)c(C(C)(C)C)c1. The molecule has 0 saturated heterocycles. The van der Waals surface area contributed by atoms with Crippen LogP contribution in [0, 0.1) is 0 Å². The molecule has 0 spiro atoms. The summed E-state index contributed by atoms with van der Waals surface area (Å²) in [6, 6.07) is 3.66. The predicted octanol–water partition coefficient (Wildman–Crippen LogP) is 3.50. The van der Waals surface area contributed by atoms with E-state index in [0.29, 0.717) is 5.56 Å². The first-order valence-electron chi connectivity index (χ1n) is 5.70. The quantitative estimate of drug-likeness (QED) is 0.621. The topological polar surface area (TPSA) is 35.5 Å². The minimum atomic E-state index is -0.321. The monoisotopic (exact) mass is 268 g/mol. The molecular formula is C14H20O3S. The van der Waals surface area contributed by atoms with Crippen molar-refractivity contribution in [3.05, 3.63) is 23.3 Å². The van der Waals surface area contributed by atoms with Gasteiger partial charge in [0.05, 0.1) is 24.7 Å². The summed E-state index contributed by atoms with van der Waals surface area (Å²) in [5.74, 6) is 0.515. The van der Waals surface area contributed by atoms with Crippen LogP contribution >= 0.6 is 11.8 Å². The van der Waals surface area contributed by atoms with E-state index in [0.717, 1.165) is 16.2 Å². The molecule has 0 bridgehead atoms. The Labute approximate surface area is 113 Å². The van der Waals surface area contributed by atoms with Crippen LogP contribution < -0.4 is 4.74 Å². The third-order valence-electron chi connectivity index (χ3n) is 2.71. The number of hydrogen-bond donors (Lipinski definition) is 0. The van der Waals surface area contributed by atoms with Gasteiger partial charge in [0.1, 0.15) is 5.75 Å². The van der Waals surface area contributed by atoms with Gasteiger partial charge in [0, 0.05) is 5.56 Å². The molecule has 0 atom stereocenters. The summed E-state index contributed by atoms with van der Waals surface area (Å²) in [5, 5.41) is 0. The Balaban J connectivity index is 3.51. The van der Waals surface area contributed by atoms with Gasteiger partial charge in [-0.3, -0.25) is 0 Å². The van der Waals surface area contributed by atoms with Crippen molar-refractivity contribution >= 4 is 17.7 Å². The molecule has 3 nitrogen and oxygen atoms in total. The van der Waals surface area contributed by atoms with E-state index in [1.165, 1.54) is 7.11 Å². The van der Waals surface area contributed by atoms with Gasteiger partial charge in [-0.15, -0.1) is 11.8 Å². The van der Waals surface area contributed by atoms with Crippen LogP contribution in [-0.2, 0) is 10.2 Å². The zero-order chi connectivity index (χ0) is 13.9. The van der Waals surface area contributed by atoms with Gasteiger partial charge in [-0.25, -0.2) is 4.79 Å². The summed E-state index contributed by atoms with van der Waals surface area (Å²) in [6.07, 6.45) is 1.96. The lowest BCUT2D eigenvalue weighted by Gasteiger charge is -2.24. The second kappa shape index (κ2) is 5.65. The van der Waals surface area contributed by atoms with Crippen LogP contribution in [0.5, 0.6) is 5.75 Å². The molecule has 0 heterocycles. The number of thioether (sulfide) groups is 1. The summed E-state index contributed by atoms with van der Waals surface area (Å²) in [6.45, 7) is 6.28. The van der Waals surface area contributed by atoms with E-state index < -0.39 is 0 Å². The number of benzene rings is 1. The fraction of sp³-hybridized carbons (Fsp3) is 0.500. The molecule has 0 amide bonds. The molecule has 0 aromatic heterocycles. The Hall–Kier alpha value is -1.16. The summed E-state index contributed by atoms with van der Waals surface area (Å²) >= 11 is 1.56. The van der Waals surface area contributed by atoms with Crippen LogP contribution in [0.15, 0.2) is 17.0 Å². The van der Waals surface area contributed by atoms with Crippen molar-refractivity contribution in [1.29, 1.82) is 0 Å². The van der Waals surface area contributed by atoms with Crippen molar-refractivity contribution in [2.75, 3.05) is 20.5 Å². The fourth-order valence-corrected chi connectivity index (χ4v) is 2.38. The number of ether oxygens (including phenoxy) is 2. The lowest BCUT2D eigenvalue weighted by Crippen LogP contribution is -2.15. The molecule has 1 aromatic carbocycles. The Kier molecular flexibility index (Phi) is 4.68. The van der Waals surface area contributed by atoms with Gasteiger partial charge in [-0.1, -0.05) is 20.8 Å². The summed E-state index contributed by atoms with van der Waals surface area (Å²) in [5.41, 5.74) is 1.48. The normalized spacial score (nSPS) is 11.2. The van der Waals surface area contributed by atoms with Crippen molar-refractivity contribution in [2.45, 2.75) is 31.1 Å². The molecule has 1 rings (SSSR count). The highest BCUT2D eigenvalue weighted by atomic mass is 32.2. The van der Waals surface area contributed by atoms with Gasteiger partial charge >= 0.3 is 5.97 Å². The lowest BCUT2D eigenvalue weighted by atomic mass is 9.85. The first-order chi connectivity index (χ1) is 8.35. The number of methoxy groups -OCH3 is 2. The maximum Gasteiger partial charge on any atom is 0.337 e. The zero-order valence-electron chi connectivity index (χ0n) is 11.8. The van der Waals surface area contributed by atoms with Crippen LogP contribution in [0.3, 0.4) is 0 Å². The van der Waals surface area contributed by atoms with Crippen LogP contribution in [0.4, 0.5) is 0 Å². The van der Waals surface area contributed by atoms with E-state index in [1.807, 2.05) is 18.4 Å². The van der Waals surface area contributed by atoms with E-state index in [-0.39, 0.29) is 11.4 Å². The lowest BCUT2D eigenvalue weighted by molar-refractivity contribution is 0.0600. The fourth-order valence-electron chi connectivity index (χ4n) is 1.76. The maximum absolute atomic E-state index is 11.7. The van der Waals surface area contributed by atoms with Gasteiger partial charge < -0.3 is 9.47 Å². The van der Waals surface area contributed by atoms with Crippen LogP contribution in [0.2, 0.25) is 0 Å². The average Bonchev–Trinajstić information content (AvgIpc) is 2.34. The van der Waals surface area contributed by atoms with E-state index in [1.54, 1.807) is 18.9 Å². The van der Waals surface area contributed by atoms with Gasteiger partial charge in [0.2, 0.25) is 0 Å². The van der Waals surface area contributed by atoms with Gasteiger partial charge in [-0.2, -0.15) is 0 Å². The standard InChI is InChI=1S/C14H20O3S/c1-14(2,3)10-7-9(13(15)17-5)8-11(18-6)12(10)16-4/h7-8H,1-6H3. The Morgan fingerprint density at radius 3 is 2.22 bits per heavy atom. The smallest absolute Gasteiger partial charge is 0.337 e. The Bertz CT molecular complexity index is 447. The van der Waals surface area contributed by atoms with Crippen LogP contribution in [-0.4, -0.2) is 26.4 Å². The summed E-state index contributed by atoms with van der Waals surface area (Å²) < 4.78 is 10.3. The van der Waals surface area contributed by atoms with Crippen molar-refractivity contribution < 1.29 is 14.3 Å². The number of rotatable bonds is 3. The highest BCUT2D eigenvalue weighted by molar-refractivity contribution is 7.98. The van der Waals surface area contributed by atoms with E-state index in [4.69, 9.17) is 9.47 Å². The largest absolute Gasteiger partial charge is 0.495 e. The maximum atomic E-state index is 11.7. The van der Waals surface area contributed by atoms with E-state index >= 15 is 0 Å². The molecule has 0 unspecified atom stereocenters. The summed E-state index contributed by atoms with van der Waals surface area (Å²) in [4.78, 5) is 12.6. The molecular weight excluding hydrogens is 248 g/mol. The van der Waals surface area contributed by atoms with Crippen molar-refractivity contribution in [3.8, 4) is 5.75 Å². The molecule has 0 radical (unpaired) electrons. The predicted molar refractivity (Wildman–Crippen MR) is 74.8 cm³/mol. The second-order valence-corrected chi connectivity index (χ2v) is 5.85. The Morgan fingerprint density at radius 2 is 1.83 bits per heavy atom. The van der Waals surface area contributed by atoms with Gasteiger partial charge in [0.25, 0.3) is 0 Å². The number of hydrogen-bond acceptors (Lipinski definition) is 4. The van der Waals surface area contributed by atoms with Crippen molar-refractivity contribution in [1.82, 2.24) is 0 Å². The molecule has 0 aliphatic heterocycles. The molecule has 0 aliphatic rings. The minimum absolute atomic E-state index is 0.0974. The number of carbonyl (C=O) groups is 1. The third-order valence-corrected chi connectivity index (χ3v) is 3.45. The first-order valence-corrected chi connectivity index (χ1v) is 6.92. The average molecular weight is 268 g/mol. The first kappa shape index (κ1) is 14.9. The molecule has 4 heteroatoms. The number of esters is 1. The van der Waals surface area contributed by atoms with Crippen molar-refractivity contribution in [2.24, 2.45) is 0 Å². The van der Waals surface area contributed by atoms with Gasteiger partial charge in [0.15, 0.2) is 0 Å². The second-order valence-electron chi connectivity index (χ2n) is 5.00. The number of carbonyl (C=O) groups excluding carboxylic acids is 1. The molecule has 0 aliphatic carbocycles.